The van der Waals surface area contributed by atoms with E-state index in [0.717, 1.165) is 47.0 Å². The molecule has 4 N–H and O–H groups in total. The molecule has 0 aliphatic heterocycles. The number of hydrogen-bond acceptors (Lipinski definition) is 22. The summed E-state index contributed by atoms with van der Waals surface area (Å²) in [4.78, 5) is 136. The van der Waals surface area contributed by atoms with Crippen LogP contribution in [0.25, 0.3) is 0 Å². The van der Waals surface area contributed by atoms with Gasteiger partial charge in [0.25, 0.3) is 5.24 Å². The number of thioether (sulfide) groups is 4. The Labute approximate surface area is 445 Å². The zero-order valence-electron chi connectivity index (χ0n) is 42.9. The zero-order chi connectivity index (χ0) is 55.4. The fourth-order valence-corrected chi connectivity index (χ4v) is 12.4. The third kappa shape index (κ3) is 36.8. The summed E-state index contributed by atoms with van der Waals surface area (Å²) in [6.07, 6.45) is -1.23. The van der Waals surface area contributed by atoms with Gasteiger partial charge in [0.2, 0.25) is 0 Å². The number of carboxylic acids is 3. The standard InChI is InChI=1S/C46H75NO21S4Si/c1-8-66-73(67-9-2,68-10-3)22-14-21-47-45(61)72-34(7)26-41(57)65-30-46(27-62-38(54)23-31(4)69-42(58)18-11-15-35(48)49,28-63-39(55)24-32(5)70-43(59)19-12-16-36(50)51)29-64-40(56)25-33(6)71-44(60)20-13-17-37(52)53/h31-34H,8-30H2,1-7H3,(H,47,61)(H,48,49)(H,50,51)(H,52,53). The maximum absolute atomic E-state index is 13.4. The molecular formula is C46H75NO21S4Si. The molecule has 0 fully saturated rings. The van der Waals surface area contributed by atoms with E-state index in [2.05, 4.69) is 5.32 Å². The van der Waals surface area contributed by atoms with E-state index >= 15 is 0 Å². The van der Waals surface area contributed by atoms with Gasteiger partial charge in [0.05, 0.1) is 25.7 Å². The van der Waals surface area contributed by atoms with E-state index in [-0.39, 0.29) is 105 Å². The first-order valence-corrected chi connectivity index (χ1v) is 29.5. The molecule has 0 saturated carbocycles. The number of aliphatic carboxylic acids is 3. The third-order valence-corrected chi connectivity index (χ3v) is 16.8. The predicted octanol–water partition coefficient (Wildman–Crippen LogP) is 6.69. The quantitative estimate of drug-likeness (QED) is 0.0214. The monoisotopic (exact) mass is 1130 g/mol. The minimum absolute atomic E-state index is 0.0455. The van der Waals surface area contributed by atoms with Crippen molar-refractivity contribution in [3.8, 4) is 0 Å². The van der Waals surface area contributed by atoms with E-state index in [4.69, 9.17) is 47.5 Å². The third-order valence-electron chi connectivity index (χ3n) is 9.62. The molecule has 0 radical (unpaired) electrons. The van der Waals surface area contributed by atoms with Gasteiger partial charge < -0.3 is 52.9 Å². The second kappa shape index (κ2) is 39.6. The van der Waals surface area contributed by atoms with E-state index in [9.17, 15) is 52.7 Å². The molecule has 0 bridgehead atoms. The molecule has 0 aromatic heterocycles. The van der Waals surface area contributed by atoms with Crippen LogP contribution in [0.5, 0.6) is 0 Å². The molecule has 22 nitrogen and oxygen atoms in total. The molecule has 0 aromatic carbocycles. The van der Waals surface area contributed by atoms with E-state index < -0.39 is 109 Å². The molecule has 0 aliphatic rings. The van der Waals surface area contributed by atoms with Gasteiger partial charge in [-0.3, -0.25) is 52.7 Å². The Morgan fingerprint density at radius 2 is 0.740 bits per heavy atom. The van der Waals surface area contributed by atoms with Gasteiger partial charge in [0.15, 0.2) is 15.3 Å². The lowest BCUT2D eigenvalue weighted by Gasteiger charge is -2.32. The highest BCUT2D eigenvalue weighted by atomic mass is 32.2. The van der Waals surface area contributed by atoms with Crippen LogP contribution in [-0.4, -0.2) is 160 Å². The molecule has 0 aromatic rings. The molecule has 0 spiro atoms. The largest absolute Gasteiger partial charge is 0.500 e. The van der Waals surface area contributed by atoms with Crippen LogP contribution >= 0.6 is 47.0 Å². The van der Waals surface area contributed by atoms with Gasteiger partial charge in [0.1, 0.15) is 31.8 Å². The second-order valence-corrected chi connectivity index (χ2v) is 25.5. The molecule has 4 unspecified atom stereocenters. The first kappa shape index (κ1) is 69.3. The summed E-state index contributed by atoms with van der Waals surface area (Å²) < 4.78 is 40.1. The SMILES string of the molecule is CCO[Si](CCCNC(=O)SC(C)CC(=O)OCC(COC(=O)CC(C)SC(=O)CCCC(=O)O)(COC(=O)CC(C)SC(=O)CCCC(=O)O)COC(=O)CC(C)SC(=O)CCCC(=O)O)(OCC)OCC. The Kier molecular flexibility index (Phi) is 37.6. The molecule has 73 heavy (non-hydrogen) atoms. The number of carbonyl (C=O) groups excluding carboxylic acids is 8. The predicted molar refractivity (Wildman–Crippen MR) is 276 cm³/mol. The van der Waals surface area contributed by atoms with Crippen molar-refractivity contribution in [1.82, 2.24) is 5.32 Å². The summed E-state index contributed by atoms with van der Waals surface area (Å²) in [5.74, 6) is -6.55. The highest BCUT2D eigenvalue weighted by Crippen LogP contribution is 2.27. The highest BCUT2D eigenvalue weighted by molar-refractivity contribution is 8.14. The summed E-state index contributed by atoms with van der Waals surface area (Å²) in [6, 6.07) is 0.465. The summed E-state index contributed by atoms with van der Waals surface area (Å²) in [5.41, 5.74) is -1.78. The van der Waals surface area contributed by atoms with Crippen molar-refractivity contribution in [2.75, 3.05) is 52.8 Å². The molecule has 0 saturated heterocycles. The molecule has 1 amide bonds. The Hall–Kier alpha value is -3.73. The van der Waals surface area contributed by atoms with Crippen molar-refractivity contribution in [3.63, 3.8) is 0 Å². The first-order valence-electron chi connectivity index (χ1n) is 24.1. The Bertz CT molecular complexity index is 1630. The number of carbonyl (C=O) groups is 11. The maximum atomic E-state index is 13.4. The highest BCUT2D eigenvalue weighted by Gasteiger charge is 2.40. The summed E-state index contributed by atoms with van der Waals surface area (Å²) in [7, 11) is -2.93. The average Bonchev–Trinajstić information content (AvgIpc) is 3.27. The Morgan fingerprint density at radius 3 is 1.01 bits per heavy atom. The van der Waals surface area contributed by atoms with E-state index in [1.54, 1.807) is 27.7 Å². The van der Waals surface area contributed by atoms with Crippen molar-refractivity contribution in [2.45, 2.75) is 165 Å². The minimum atomic E-state index is -2.93. The van der Waals surface area contributed by atoms with Gasteiger partial charge in [-0.15, -0.1) is 0 Å². The maximum Gasteiger partial charge on any atom is 0.500 e. The zero-order valence-corrected chi connectivity index (χ0v) is 47.2. The molecule has 418 valence electrons. The van der Waals surface area contributed by atoms with Crippen LogP contribution in [0, 0.1) is 5.41 Å². The number of carboxylic acid groups (broad SMARTS) is 3. The van der Waals surface area contributed by atoms with Crippen LogP contribution in [0.3, 0.4) is 0 Å². The van der Waals surface area contributed by atoms with Crippen molar-refractivity contribution < 1.29 is 100 Å². The number of nitrogens with one attached hydrogen (secondary N) is 1. The number of esters is 4. The number of ether oxygens (including phenoxy) is 4. The Morgan fingerprint density at radius 1 is 0.452 bits per heavy atom. The van der Waals surface area contributed by atoms with Crippen LogP contribution in [0.15, 0.2) is 0 Å². The van der Waals surface area contributed by atoms with Crippen LogP contribution in [0.2, 0.25) is 6.04 Å². The molecule has 4 atom stereocenters. The van der Waals surface area contributed by atoms with Crippen LogP contribution in [0.1, 0.15) is 138 Å². The van der Waals surface area contributed by atoms with E-state index in [1.807, 2.05) is 20.8 Å². The summed E-state index contributed by atoms with van der Waals surface area (Å²) >= 11 is 3.29. The van der Waals surface area contributed by atoms with Gasteiger partial charge in [-0.25, -0.2) is 0 Å². The average molecular weight is 1130 g/mol. The molecule has 0 aliphatic carbocycles. The summed E-state index contributed by atoms with van der Waals surface area (Å²) in [6.45, 7) is 10.6. The normalized spacial score (nSPS) is 13.8. The Balaban J connectivity index is 6.35. The minimum Gasteiger partial charge on any atom is -0.481 e. The van der Waals surface area contributed by atoms with Gasteiger partial charge in [-0.05, 0) is 46.5 Å². The summed E-state index contributed by atoms with van der Waals surface area (Å²) in [5, 5.41) is 25.5. The fourth-order valence-electron chi connectivity index (χ4n) is 6.25. The number of rotatable bonds is 42. The molecule has 0 heterocycles. The number of amides is 1. The molecular weight excluding hydrogens is 1060 g/mol. The van der Waals surface area contributed by atoms with Crippen LogP contribution in [-0.2, 0) is 80.2 Å². The second-order valence-electron chi connectivity index (χ2n) is 16.8. The van der Waals surface area contributed by atoms with Crippen molar-refractivity contribution in [2.24, 2.45) is 5.41 Å². The van der Waals surface area contributed by atoms with Crippen LogP contribution < -0.4 is 5.32 Å². The number of hydrogen-bond donors (Lipinski definition) is 4. The first-order chi connectivity index (χ1) is 34.4. The van der Waals surface area contributed by atoms with E-state index in [1.165, 1.54) is 0 Å². The van der Waals surface area contributed by atoms with Gasteiger partial charge in [0, 0.05) is 91.9 Å². The smallest absolute Gasteiger partial charge is 0.481 e. The van der Waals surface area contributed by atoms with Crippen molar-refractivity contribution >= 4 is 118 Å². The molecule has 0 rings (SSSR count). The van der Waals surface area contributed by atoms with Crippen molar-refractivity contribution in [3.05, 3.63) is 0 Å². The van der Waals surface area contributed by atoms with Crippen molar-refractivity contribution in [1.29, 1.82) is 0 Å². The van der Waals surface area contributed by atoms with Gasteiger partial charge in [-0.1, -0.05) is 74.7 Å². The topological polar surface area (TPSA) is 325 Å². The lowest BCUT2D eigenvalue weighted by molar-refractivity contribution is -0.170. The fraction of sp³-hybridized carbons (Fsp3) is 0.761. The van der Waals surface area contributed by atoms with E-state index in [0.29, 0.717) is 32.3 Å². The van der Waals surface area contributed by atoms with Gasteiger partial charge in [-0.2, -0.15) is 0 Å². The lowest BCUT2D eigenvalue weighted by atomic mass is 9.92. The van der Waals surface area contributed by atoms with Crippen LogP contribution in [0.4, 0.5) is 4.79 Å². The van der Waals surface area contributed by atoms with Gasteiger partial charge >= 0.3 is 50.6 Å². The lowest BCUT2D eigenvalue weighted by Crippen LogP contribution is -2.46. The molecule has 27 heteroatoms.